The van der Waals surface area contributed by atoms with Gasteiger partial charge in [0.05, 0.1) is 6.42 Å². The van der Waals surface area contributed by atoms with E-state index in [0.717, 1.165) is 17.7 Å². The Hall–Kier alpha value is -1.59. The van der Waals surface area contributed by atoms with Gasteiger partial charge in [-0.25, -0.2) is 4.79 Å². The molecular formula is C15H24N2O4. The molecule has 1 saturated carbocycles. The van der Waals surface area contributed by atoms with Crippen LogP contribution in [0, 0.1) is 11.3 Å². The number of carboxylic acid groups (broad SMARTS) is 1. The Labute approximate surface area is 124 Å². The third-order valence-electron chi connectivity index (χ3n) is 4.86. The van der Waals surface area contributed by atoms with Gasteiger partial charge in [-0.15, -0.1) is 0 Å². The summed E-state index contributed by atoms with van der Waals surface area (Å²) in [7, 11) is 0. The van der Waals surface area contributed by atoms with Crippen molar-refractivity contribution in [1.82, 2.24) is 10.2 Å². The number of hydrogen-bond donors (Lipinski definition) is 2. The average molecular weight is 296 g/mol. The lowest BCUT2D eigenvalue weighted by Crippen LogP contribution is -2.50. The minimum Gasteiger partial charge on any atom is -0.481 e. The smallest absolute Gasteiger partial charge is 0.325 e. The number of carbonyl (C=O) groups is 3. The van der Waals surface area contributed by atoms with Crippen molar-refractivity contribution < 1.29 is 19.5 Å². The fraction of sp³-hybridized carbons (Fsp3) is 0.800. The lowest BCUT2D eigenvalue weighted by Gasteiger charge is -2.40. The zero-order valence-electron chi connectivity index (χ0n) is 12.9. The third kappa shape index (κ3) is 3.04. The normalized spacial score (nSPS) is 29.9. The molecule has 0 aromatic rings. The van der Waals surface area contributed by atoms with Crippen LogP contribution < -0.4 is 5.32 Å². The number of hydrogen-bond acceptors (Lipinski definition) is 3. The van der Waals surface area contributed by atoms with Gasteiger partial charge in [0, 0.05) is 6.54 Å². The Morgan fingerprint density at radius 2 is 1.90 bits per heavy atom. The van der Waals surface area contributed by atoms with E-state index in [1.165, 1.54) is 0 Å². The number of carboxylic acids is 1. The van der Waals surface area contributed by atoms with Crippen molar-refractivity contribution in [3.63, 3.8) is 0 Å². The molecule has 0 unspecified atom stereocenters. The van der Waals surface area contributed by atoms with Crippen LogP contribution in [0.5, 0.6) is 0 Å². The number of amides is 3. The van der Waals surface area contributed by atoms with E-state index in [1.807, 2.05) is 0 Å². The third-order valence-corrected chi connectivity index (χ3v) is 4.86. The topological polar surface area (TPSA) is 86.7 Å². The Bertz CT molecular complexity index is 459. The molecule has 0 aromatic carbocycles. The number of carbonyl (C=O) groups excluding carboxylic acids is 2. The molecule has 2 N–H and O–H groups in total. The van der Waals surface area contributed by atoms with Crippen LogP contribution in [0.4, 0.5) is 4.79 Å². The number of rotatable bonds is 3. The standard InChI is InChI=1S/C15H24N2O4/c1-14(2,3)10-4-7-15(8-5-10)12(20)17(13(21)16-15)9-6-11(18)19/h10H,4-9H2,1-3H3,(H,16,21)(H,18,19). The van der Waals surface area contributed by atoms with Crippen LogP contribution in [-0.2, 0) is 9.59 Å². The Balaban J connectivity index is 2.04. The van der Waals surface area contributed by atoms with Crippen LogP contribution in [0.25, 0.3) is 0 Å². The number of nitrogens with zero attached hydrogens (tertiary/aromatic N) is 1. The van der Waals surface area contributed by atoms with Crippen molar-refractivity contribution in [2.75, 3.05) is 6.54 Å². The first-order chi connectivity index (χ1) is 9.66. The van der Waals surface area contributed by atoms with Crippen LogP contribution in [0.1, 0.15) is 52.9 Å². The summed E-state index contributed by atoms with van der Waals surface area (Å²) in [6.07, 6.45) is 2.89. The van der Waals surface area contributed by atoms with Gasteiger partial charge in [0.2, 0.25) is 0 Å². The Morgan fingerprint density at radius 1 is 1.33 bits per heavy atom. The van der Waals surface area contributed by atoms with Gasteiger partial charge in [-0.05, 0) is 37.0 Å². The molecule has 1 spiro atoms. The SMILES string of the molecule is CC(C)(C)C1CCC2(CC1)NC(=O)N(CCC(=O)O)C2=O. The van der Waals surface area contributed by atoms with Gasteiger partial charge < -0.3 is 10.4 Å². The first-order valence-corrected chi connectivity index (χ1v) is 7.52. The molecule has 2 rings (SSSR count). The number of imide groups is 1. The molecule has 0 atom stereocenters. The molecule has 118 valence electrons. The van der Waals surface area contributed by atoms with Gasteiger partial charge in [-0.1, -0.05) is 20.8 Å². The Morgan fingerprint density at radius 3 is 2.38 bits per heavy atom. The van der Waals surface area contributed by atoms with Crippen molar-refractivity contribution in [3.8, 4) is 0 Å². The fourth-order valence-corrected chi connectivity index (χ4v) is 3.40. The van der Waals surface area contributed by atoms with Crippen molar-refractivity contribution in [2.24, 2.45) is 11.3 Å². The van der Waals surface area contributed by atoms with Crippen LogP contribution in [0.3, 0.4) is 0 Å². The van der Waals surface area contributed by atoms with Crippen LogP contribution in [0.2, 0.25) is 0 Å². The molecule has 1 saturated heterocycles. The summed E-state index contributed by atoms with van der Waals surface area (Å²) in [5.74, 6) is -0.713. The summed E-state index contributed by atoms with van der Waals surface area (Å²) in [6.45, 7) is 6.54. The van der Waals surface area contributed by atoms with E-state index in [0.29, 0.717) is 18.8 Å². The Kier molecular flexibility index (Phi) is 4.00. The summed E-state index contributed by atoms with van der Waals surface area (Å²) in [5.41, 5.74) is -0.590. The van der Waals surface area contributed by atoms with Gasteiger partial charge in [0.15, 0.2) is 0 Å². The minimum absolute atomic E-state index is 0.0511. The molecule has 0 radical (unpaired) electrons. The molecule has 3 amide bonds. The minimum atomic E-state index is -1.01. The largest absolute Gasteiger partial charge is 0.481 e. The lowest BCUT2D eigenvalue weighted by atomic mass is 9.67. The predicted octanol–water partition coefficient (Wildman–Crippen LogP) is 1.99. The molecule has 1 heterocycles. The van der Waals surface area contributed by atoms with E-state index in [2.05, 4.69) is 26.1 Å². The first kappa shape index (κ1) is 15.8. The van der Waals surface area contributed by atoms with Gasteiger partial charge in [-0.2, -0.15) is 0 Å². The van der Waals surface area contributed by atoms with E-state index in [9.17, 15) is 14.4 Å². The first-order valence-electron chi connectivity index (χ1n) is 7.52. The zero-order chi connectivity index (χ0) is 15.8. The maximum atomic E-state index is 12.5. The summed E-state index contributed by atoms with van der Waals surface area (Å²) in [5, 5.41) is 11.5. The quantitative estimate of drug-likeness (QED) is 0.780. The van der Waals surface area contributed by atoms with Crippen LogP contribution in [-0.4, -0.2) is 40.0 Å². The van der Waals surface area contributed by atoms with Crippen molar-refractivity contribution >= 4 is 17.9 Å². The zero-order valence-corrected chi connectivity index (χ0v) is 12.9. The summed E-state index contributed by atoms with van der Waals surface area (Å²) in [6, 6.07) is -0.449. The van der Waals surface area contributed by atoms with E-state index in [4.69, 9.17) is 5.11 Å². The van der Waals surface area contributed by atoms with Crippen molar-refractivity contribution in [1.29, 1.82) is 0 Å². The van der Waals surface area contributed by atoms with Crippen LogP contribution in [0.15, 0.2) is 0 Å². The molecule has 1 aliphatic heterocycles. The molecule has 0 aromatic heterocycles. The number of aliphatic carboxylic acids is 1. The van der Waals surface area contributed by atoms with Crippen LogP contribution >= 0.6 is 0 Å². The van der Waals surface area contributed by atoms with Gasteiger partial charge in [0.1, 0.15) is 5.54 Å². The molecule has 6 nitrogen and oxygen atoms in total. The maximum absolute atomic E-state index is 12.5. The van der Waals surface area contributed by atoms with E-state index >= 15 is 0 Å². The van der Waals surface area contributed by atoms with Crippen molar-refractivity contribution in [2.45, 2.75) is 58.4 Å². The molecular weight excluding hydrogens is 272 g/mol. The second-order valence-corrected chi connectivity index (χ2v) is 7.25. The number of urea groups is 1. The highest BCUT2D eigenvalue weighted by Crippen LogP contribution is 2.43. The molecule has 6 heteroatoms. The molecule has 21 heavy (non-hydrogen) atoms. The summed E-state index contributed by atoms with van der Waals surface area (Å²) < 4.78 is 0. The van der Waals surface area contributed by atoms with E-state index in [1.54, 1.807) is 0 Å². The molecule has 1 aliphatic carbocycles. The van der Waals surface area contributed by atoms with Gasteiger partial charge >= 0.3 is 12.0 Å². The average Bonchev–Trinajstić information content (AvgIpc) is 2.58. The second kappa shape index (κ2) is 5.31. The predicted molar refractivity (Wildman–Crippen MR) is 76.6 cm³/mol. The fourth-order valence-electron chi connectivity index (χ4n) is 3.40. The highest BCUT2D eigenvalue weighted by atomic mass is 16.4. The molecule has 0 bridgehead atoms. The molecule has 2 fully saturated rings. The highest BCUT2D eigenvalue weighted by Gasteiger charge is 2.53. The lowest BCUT2D eigenvalue weighted by molar-refractivity contribution is -0.138. The monoisotopic (exact) mass is 296 g/mol. The van der Waals surface area contributed by atoms with E-state index < -0.39 is 17.5 Å². The molecule has 2 aliphatic rings. The van der Waals surface area contributed by atoms with E-state index in [-0.39, 0.29) is 24.3 Å². The van der Waals surface area contributed by atoms with Gasteiger partial charge in [0.25, 0.3) is 5.91 Å². The second-order valence-electron chi connectivity index (χ2n) is 7.25. The van der Waals surface area contributed by atoms with Gasteiger partial charge in [-0.3, -0.25) is 14.5 Å². The van der Waals surface area contributed by atoms with Crippen molar-refractivity contribution in [3.05, 3.63) is 0 Å². The summed E-state index contributed by atoms with van der Waals surface area (Å²) in [4.78, 5) is 36.1. The highest BCUT2D eigenvalue weighted by molar-refractivity contribution is 6.07. The summed E-state index contributed by atoms with van der Waals surface area (Å²) >= 11 is 0. The maximum Gasteiger partial charge on any atom is 0.325 e. The number of nitrogens with one attached hydrogen (secondary N) is 1.